The first-order valence-electron chi connectivity index (χ1n) is 7.76. The minimum absolute atomic E-state index is 0. The quantitative estimate of drug-likeness (QED) is 0.708. The van der Waals surface area contributed by atoms with Crippen LogP contribution in [0.15, 0.2) is 29.2 Å². The summed E-state index contributed by atoms with van der Waals surface area (Å²) >= 11 is 0. The molecule has 0 bridgehead atoms. The van der Waals surface area contributed by atoms with Gasteiger partial charge in [-0.3, -0.25) is 4.79 Å². The van der Waals surface area contributed by atoms with E-state index in [1.54, 1.807) is 12.1 Å². The van der Waals surface area contributed by atoms with Crippen molar-refractivity contribution in [3.05, 3.63) is 24.3 Å². The van der Waals surface area contributed by atoms with Gasteiger partial charge in [-0.1, -0.05) is 20.8 Å². The smallest absolute Gasteiger partial charge is 0.241 e. The largest absolute Gasteiger partial charge is 0.325 e. The first-order valence-corrected chi connectivity index (χ1v) is 9.24. The molecule has 1 aliphatic carbocycles. The average molecular weight is 376 g/mol. The lowest BCUT2D eigenvalue weighted by molar-refractivity contribution is -0.119. The number of hydrogen-bond donors (Lipinski definition) is 3. The topological polar surface area (TPSA) is 101 Å². The van der Waals surface area contributed by atoms with Crippen LogP contribution < -0.4 is 15.8 Å². The fourth-order valence-electron chi connectivity index (χ4n) is 1.96. The molecule has 24 heavy (non-hydrogen) atoms. The summed E-state index contributed by atoms with van der Waals surface area (Å²) in [5, 5.41) is 2.71. The van der Waals surface area contributed by atoms with E-state index in [-0.39, 0.29) is 28.6 Å². The molecule has 8 heteroatoms. The molecule has 1 amide bonds. The second-order valence-corrected chi connectivity index (χ2v) is 8.92. The third-order valence-electron chi connectivity index (χ3n) is 3.91. The summed E-state index contributed by atoms with van der Waals surface area (Å²) in [7, 11) is -3.49. The Kier molecular flexibility index (Phi) is 6.81. The Hall–Kier alpha value is -1.15. The number of benzene rings is 1. The van der Waals surface area contributed by atoms with E-state index in [1.165, 1.54) is 12.1 Å². The highest BCUT2D eigenvalue weighted by Gasteiger charge is 2.27. The number of hydrogen-bond acceptors (Lipinski definition) is 4. The van der Waals surface area contributed by atoms with Crippen LogP contribution >= 0.6 is 12.4 Å². The predicted octanol–water partition coefficient (Wildman–Crippen LogP) is 2.11. The summed E-state index contributed by atoms with van der Waals surface area (Å²) in [6.45, 7) is 6.15. The van der Waals surface area contributed by atoms with E-state index in [2.05, 4.69) is 10.0 Å². The molecular formula is C16H26ClN3O3S. The molecule has 1 atom stereocenters. The number of sulfonamides is 1. The second-order valence-electron chi connectivity index (χ2n) is 7.15. The molecule has 0 aromatic heterocycles. The Morgan fingerprint density at radius 3 is 2.25 bits per heavy atom. The minimum Gasteiger partial charge on any atom is -0.325 e. The van der Waals surface area contributed by atoms with Crippen molar-refractivity contribution in [3.8, 4) is 0 Å². The number of anilines is 1. The molecular weight excluding hydrogens is 350 g/mol. The van der Waals surface area contributed by atoms with Gasteiger partial charge in [0, 0.05) is 12.2 Å². The van der Waals surface area contributed by atoms with Crippen molar-refractivity contribution in [2.45, 2.75) is 44.6 Å². The van der Waals surface area contributed by atoms with Gasteiger partial charge in [0.25, 0.3) is 0 Å². The summed E-state index contributed by atoms with van der Waals surface area (Å²) in [6.07, 6.45) is 2.17. The fourth-order valence-corrected chi connectivity index (χ4v) is 3.08. The molecule has 0 heterocycles. The lowest BCUT2D eigenvalue weighted by atomic mass is 9.87. The lowest BCUT2D eigenvalue weighted by Crippen LogP contribution is -2.45. The van der Waals surface area contributed by atoms with Crippen LogP contribution in [0.25, 0.3) is 0 Å². The van der Waals surface area contributed by atoms with Crippen molar-refractivity contribution in [1.29, 1.82) is 0 Å². The predicted molar refractivity (Wildman–Crippen MR) is 97.7 cm³/mol. The number of rotatable bonds is 6. The molecule has 1 aromatic rings. The van der Waals surface area contributed by atoms with Gasteiger partial charge >= 0.3 is 0 Å². The van der Waals surface area contributed by atoms with Gasteiger partial charge in [-0.05, 0) is 48.4 Å². The van der Waals surface area contributed by atoms with Crippen LogP contribution in [0.2, 0.25) is 0 Å². The van der Waals surface area contributed by atoms with E-state index in [9.17, 15) is 13.2 Å². The Bertz CT molecular complexity index is 665. The first kappa shape index (κ1) is 20.9. The highest BCUT2D eigenvalue weighted by atomic mass is 35.5. The lowest BCUT2D eigenvalue weighted by Gasteiger charge is -2.25. The molecule has 2 rings (SSSR count). The van der Waals surface area contributed by atoms with E-state index in [0.29, 0.717) is 18.2 Å². The summed E-state index contributed by atoms with van der Waals surface area (Å²) in [4.78, 5) is 12.2. The minimum atomic E-state index is -3.49. The monoisotopic (exact) mass is 375 g/mol. The molecule has 6 nitrogen and oxygen atoms in total. The second kappa shape index (κ2) is 7.82. The highest BCUT2D eigenvalue weighted by Crippen LogP contribution is 2.28. The van der Waals surface area contributed by atoms with Crippen molar-refractivity contribution < 1.29 is 13.2 Å². The van der Waals surface area contributed by atoms with Gasteiger partial charge in [0.1, 0.15) is 0 Å². The van der Waals surface area contributed by atoms with E-state index >= 15 is 0 Å². The maximum Gasteiger partial charge on any atom is 0.241 e. The highest BCUT2D eigenvalue weighted by molar-refractivity contribution is 7.89. The Morgan fingerprint density at radius 2 is 1.79 bits per heavy atom. The molecule has 1 aromatic carbocycles. The summed E-state index contributed by atoms with van der Waals surface area (Å²) in [5.41, 5.74) is 6.07. The number of carbonyl (C=O) groups excluding carboxylic acids is 1. The SMILES string of the molecule is CC(C)(C)[C@H](N)C(=O)Nc1ccc(S(=O)(=O)NCC2CC2)cc1.Cl. The van der Waals surface area contributed by atoms with Gasteiger partial charge in [0.15, 0.2) is 0 Å². The molecule has 1 aliphatic rings. The Balaban J connectivity index is 0.00000288. The third-order valence-corrected chi connectivity index (χ3v) is 5.35. The first-order chi connectivity index (χ1) is 10.6. The van der Waals surface area contributed by atoms with E-state index in [1.807, 2.05) is 20.8 Å². The third kappa shape index (κ3) is 5.73. The van der Waals surface area contributed by atoms with Gasteiger partial charge in [0.05, 0.1) is 10.9 Å². The maximum absolute atomic E-state index is 12.1. The fraction of sp³-hybridized carbons (Fsp3) is 0.562. The molecule has 0 saturated heterocycles. The zero-order valence-corrected chi connectivity index (χ0v) is 15.8. The average Bonchev–Trinajstić information content (AvgIpc) is 3.28. The number of nitrogens with two attached hydrogens (primary N) is 1. The molecule has 1 fully saturated rings. The van der Waals surface area contributed by atoms with Gasteiger partial charge in [0.2, 0.25) is 15.9 Å². The molecule has 4 N–H and O–H groups in total. The van der Waals surface area contributed by atoms with Crippen LogP contribution in [0.4, 0.5) is 5.69 Å². The van der Waals surface area contributed by atoms with Crippen LogP contribution in [-0.2, 0) is 14.8 Å². The van der Waals surface area contributed by atoms with Crippen molar-refractivity contribution in [2.75, 3.05) is 11.9 Å². The number of carbonyl (C=O) groups is 1. The summed E-state index contributed by atoms with van der Waals surface area (Å²) in [5.74, 6) is 0.183. The van der Waals surface area contributed by atoms with Crippen LogP contribution in [0, 0.1) is 11.3 Å². The summed E-state index contributed by atoms with van der Waals surface area (Å²) < 4.78 is 26.8. The normalized spacial score (nSPS) is 16.2. The molecule has 0 unspecified atom stereocenters. The van der Waals surface area contributed by atoms with Gasteiger partial charge in [-0.25, -0.2) is 13.1 Å². The van der Waals surface area contributed by atoms with Crippen LogP contribution in [0.5, 0.6) is 0 Å². The Morgan fingerprint density at radius 1 is 1.25 bits per heavy atom. The van der Waals surface area contributed by atoms with E-state index in [0.717, 1.165) is 12.8 Å². The van der Waals surface area contributed by atoms with E-state index < -0.39 is 16.1 Å². The van der Waals surface area contributed by atoms with Crippen molar-refractivity contribution in [3.63, 3.8) is 0 Å². The molecule has 0 radical (unpaired) electrons. The Labute approximate surface area is 150 Å². The number of nitrogens with one attached hydrogen (secondary N) is 2. The summed E-state index contributed by atoms with van der Waals surface area (Å²) in [6, 6.07) is 5.45. The molecule has 0 aliphatic heterocycles. The molecule has 1 saturated carbocycles. The standard InChI is InChI=1S/C16H25N3O3S.ClH/c1-16(2,3)14(17)15(20)19-12-6-8-13(9-7-12)23(21,22)18-10-11-4-5-11;/h6-9,11,14,18H,4-5,10,17H2,1-3H3,(H,19,20);1H/t14-;/m1./s1. The zero-order chi connectivity index (χ0) is 17.3. The van der Waals surface area contributed by atoms with Crippen LogP contribution in [0.3, 0.4) is 0 Å². The molecule has 136 valence electrons. The van der Waals surface area contributed by atoms with E-state index in [4.69, 9.17) is 5.73 Å². The van der Waals surface area contributed by atoms with Gasteiger partial charge in [-0.2, -0.15) is 0 Å². The van der Waals surface area contributed by atoms with Crippen LogP contribution in [-0.4, -0.2) is 26.9 Å². The van der Waals surface area contributed by atoms with Crippen molar-refractivity contribution in [1.82, 2.24) is 4.72 Å². The number of amides is 1. The molecule has 0 spiro atoms. The van der Waals surface area contributed by atoms with Gasteiger partial charge < -0.3 is 11.1 Å². The van der Waals surface area contributed by atoms with Crippen LogP contribution in [0.1, 0.15) is 33.6 Å². The van der Waals surface area contributed by atoms with Crippen molar-refractivity contribution >= 4 is 34.0 Å². The van der Waals surface area contributed by atoms with Gasteiger partial charge in [-0.15, -0.1) is 12.4 Å². The maximum atomic E-state index is 12.1. The van der Waals surface area contributed by atoms with Crippen molar-refractivity contribution in [2.24, 2.45) is 17.1 Å². The zero-order valence-electron chi connectivity index (χ0n) is 14.2. The number of halogens is 1.